The van der Waals surface area contributed by atoms with E-state index in [0.29, 0.717) is 12.3 Å². The van der Waals surface area contributed by atoms with Crippen molar-refractivity contribution >= 4 is 11.9 Å². The molecule has 0 heterocycles. The van der Waals surface area contributed by atoms with Gasteiger partial charge in [0, 0.05) is 7.05 Å². The van der Waals surface area contributed by atoms with Gasteiger partial charge in [0.2, 0.25) is 0 Å². The first-order valence-corrected chi connectivity index (χ1v) is 5.60. The van der Waals surface area contributed by atoms with Crippen molar-refractivity contribution < 1.29 is 18.8 Å². The average Bonchev–Trinajstić information content (AvgIpc) is 2.23. The van der Waals surface area contributed by atoms with Gasteiger partial charge in [-0.25, -0.2) is 0 Å². The molecule has 100 valence electrons. The molecule has 0 rings (SSSR count). The highest BCUT2D eigenvalue weighted by atomic mass is 19.2. The summed E-state index contributed by atoms with van der Waals surface area (Å²) in [6.45, 7) is 5.29. The second-order valence-corrected chi connectivity index (χ2v) is 4.37. The Bertz CT molecular complexity index is 269. The molecule has 0 saturated heterocycles. The van der Waals surface area contributed by atoms with Crippen molar-refractivity contribution in [3.63, 3.8) is 0 Å². The van der Waals surface area contributed by atoms with E-state index in [1.807, 2.05) is 13.8 Å². The van der Waals surface area contributed by atoms with Crippen LogP contribution in [0.2, 0.25) is 0 Å². The number of esters is 1. The number of nitrogens with zero attached hydrogens (tertiary/aromatic N) is 1. The van der Waals surface area contributed by atoms with Gasteiger partial charge in [-0.1, -0.05) is 18.3 Å². The van der Waals surface area contributed by atoms with Gasteiger partial charge < -0.3 is 10.1 Å². The molecule has 0 bridgehead atoms. The fourth-order valence-electron chi connectivity index (χ4n) is 1.36. The van der Waals surface area contributed by atoms with E-state index in [4.69, 9.17) is 4.74 Å². The molecular weight excluding hydrogens is 227 g/mol. The van der Waals surface area contributed by atoms with E-state index in [1.54, 1.807) is 7.05 Å². The Labute approximate surface area is 101 Å². The molecule has 5 nitrogen and oxygen atoms in total. The van der Waals surface area contributed by atoms with E-state index in [1.165, 1.54) is 6.92 Å². The summed E-state index contributed by atoms with van der Waals surface area (Å²) in [5.41, 5.74) is 0. The zero-order valence-corrected chi connectivity index (χ0v) is 11.0. The molecule has 0 unspecified atom stereocenters. The summed E-state index contributed by atoms with van der Waals surface area (Å²) >= 11 is 0. The molecule has 0 aromatic heterocycles. The fourth-order valence-corrected chi connectivity index (χ4v) is 1.36. The summed E-state index contributed by atoms with van der Waals surface area (Å²) in [5, 5.41) is 2.72. The molecule has 0 spiro atoms. The molecular formula is C11H21FN2O3. The summed E-state index contributed by atoms with van der Waals surface area (Å²) in [6, 6.07) is -0.477. The van der Waals surface area contributed by atoms with E-state index >= 15 is 0 Å². The lowest BCUT2D eigenvalue weighted by Gasteiger charge is -2.20. The van der Waals surface area contributed by atoms with Crippen LogP contribution in [0.15, 0.2) is 0 Å². The lowest BCUT2D eigenvalue weighted by molar-refractivity contribution is -0.167. The van der Waals surface area contributed by atoms with Gasteiger partial charge in [0.25, 0.3) is 5.91 Å². The number of carbonyl (C=O) groups excluding carboxylic acids is 2. The van der Waals surface area contributed by atoms with E-state index in [2.05, 4.69) is 5.32 Å². The first-order valence-electron chi connectivity index (χ1n) is 5.60. The minimum absolute atomic E-state index is 0.0885. The highest BCUT2D eigenvalue weighted by Crippen LogP contribution is 2.08. The number of hydrogen-bond acceptors (Lipinski definition) is 4. The third-order valence-electron chi connectivity index (χ3n) is 2.28. The molecule has 1 amide bonds. The largest absolute Gasteiger partial charge is 0.451 e. The smallest absolute Gasteiger partial charge is 0.323 e. The van der Waals surface area contributed by atoms with Crippen molar-refractivity contribution in [1.29, 1.82) is 0 Å². The van der Waals surface area contributed by atoms with Crippen LogP contribution in [0.3, 0.4) is 0 Å². The van der Waals surface area contributed by atoms with E-state index in [9.17, 15) is 14.1 Å². The van der Waals surface area contributed by atoms with Crippen molar-refractivity contribution in [2.75, 3.05) is 14.1 Å². The molecule has 1 N–H and O–H groups in total. The topological polar surface area (TPSA) is 58.6 Å². The van der Waals surface area contributed by atoms with Crippen LogP contribution in [0.4, 0.5) is 4.48 Å². The normalized spacial score (nSPS) is 14.3. The predicted molar refractivity (Wildman–Crippen MR) is 61.7 cm³/mol. The second kappa shape index (κ2) is 7.21. The van der Waals surface area contributed by atoms with Crippen LogP contribution in [0.1, 0.15) is 27.2 Å². The second-order valence-electron chi connectivity index (χ2n) is 4.37. The Morgan fingerprint density at radius 2 is 1.88 bits per heavy atom. The van der Waals surface area contributed by atoms with Gasteiger partial charge in [0.15, 0.2) is 6.10 Å². The zero-order valence-electron chi connectivity index (χ0n) is 11.0. The summed E-state index contributed by atoms with van der Waals surface area (Å²) in [4.78, 5) is 22.8. The molecule has 0 aromatic rings. The molecule has 6 heteroatoms. The van der Waals surface area contributed by atoms with Crippen molar-refractivity contribution in [3.05, 3.63) is 0 Å². The zero-order chi connectivity index (χ0) is 13.6. The standard InChI is InChI=1S/C11H21FN2O3/c1-7(2)6-9(13-4)11(16)17-8(3)10(15)14(5)12/h7-9,13H,6H2,1-5H3/t8-,9+/m1/s1. The van der Waals surface area contributed by atoms with Gasteiger partial charge in [-0.15, -0.1) is 0 Å². The third kappa shape index (κ3) is 5.63. The Hall–Kier alpha value is -1.17. The molecule has 0 saturated carbocycles. The average molecular weight is 248 g/mol. The van der Waals surface area contributed by atoms with Crippen LogP contribution in [0.5, 0.6) is 0 Å². The third-order valence-corrected chi connectivity index (χ3v) is 2.28. The SMILES string of the molecule is CN[C@@H](CC(C)C)C(=O)O[C@H](C)C(=O)N(C)F. The summed E-state index contributed by atoms with van der Waals surface area (Å²) < 4.78 is 17.5. The highest BCUT2D eigenvalue weighted by molar-refractivity contribution is 5.84. The Balaban J connectivity index is 4.36. The van der Waals surface area contributed by atoms with Gasteiger partial charge in [0.05, 0.1) is 0 Å². The Morgan fingerprint density at radius 1 is 1.35 bits per heavy atom. The van der Waals surface area contributed by atoms with Gasteiger partial charge in [-0.2, -0.15) is 5.12 Å². The number of rotatable bonds is 6. The molecule has 17 heavy (non-hydrogen) atoms. The monoisotopic (exact) mass is 248 g/mol. The lowest BCUT2D eigenvalue weighted by Crippen LogP contribution is -2.41. The molecule has 0 aromatic carbocycles. The van der Waals surface area contributed by atoms with Gasteiger partial charge in [-0.05, 0) is 26.3 Å². The van der Waals surface area contributed by atoms with E-state index in [0.717, 1.165) is 7.05 Å². The van der Waals surface area contributed by atoms with Gasteiger partial charge in [0.1, 0.15) is 6.04 Å². The van der Waals surface area contributed by atoms with Crippen molar-refractivity contribution in [3.8, 4) is 0 Å². The van der Waals surface area contributed by atoms with Crippen LogP contribution < -0.4 is 5.32 Å². The Kier molecular flexibility index (Phi) is 6.72. The summed E-state index contributed by atoms with van der Waals surface area (Å²) in [6.07, 6.45) is -0.512. The fraction of sp³-hybridized carbons (Fsp3) is 0.818. The van der Waals surface area contributed by atoms with Crippen molar-refractivity contribution in [2.45, 2.75) is 39.3 Å². The van der Waals surface area contributed by atoms with Crippen molar-refractivity contribution in [2.24, 2.45) is 5.92 Å². The number of hydrogen-bond donors (Lipinski definition) is 1. The summed E-state index contributed by atoms with van der Waals surface area (Å²) in [5.74, 6) is -1.10. The van der Waals surface area contributed by atoms with Crippen LogP contribution in [0.25, 0.3) is 0 Å². The minimum atomic E-state index is -1.11. The van der Waals surface area contributed by atoms with Gasteiger partial charge >= 0.3 is 5.97 Å². The molecule has 0 aliphatic heterocycles. The number of likely N-dealkylation sites (N-methyl/N-ethyl adjacent to an activating group) is 2. The maximum absolute atomic E-state index is 12.6. The number of amides is 1. The Morgan fingerprint density at radius 3 is 2.24 bits per heavy atom. The molecule has 2 atom stereocenters. The maximum atomic E-state index is 12.6. The van der Waals surface area contributed by atoms with Crippen LogP contribution in [0, 0.1) is 5.92 Å². The molecule has 0 radical (unpaired) electrons. The highest BCUT2D eigenvalue weighted by Gasteiger charge is 2.26. The van der Waals surface area contributed by atoms with Crippen LogP contribution in [-0.4, -0.2) is 43.2 Å². The maximum Gasteiger partial charge on any atom is 0.323 e. The van der Waals surface area contributed by atoms with E-state index in [-0.39, 0.29) is 5.12 Å². The minimum Gasteiger partial charge on any atom is -0.451 e. The molecule has 0 aliphatic rings. The lowest BCUT2D eigenvalue weighted by atomic mass is 10.0. The summed E-state index contributed by atoms with van der Waals surface area (Å²) in [7, 11) is 2.61. The van der Waals surface area contributed by atoms with Crippen LogP contribution in [-0.2, 0) is 14.3 Å². The number of ether oxygens (including phenoxy) is 1. The van der Waals surface area contributed by atoms with Crippen molar-refractivity contribution in [1.82, 2.24) is 10.4 Å². The quantitative estimate of drug-likeness (QED) is 0.560. The van der Waals surface area contributed by atoms with Crippen LogP contribution >= 0.6 is 0 Å². The number of nitrogens with one attached hydrogen (secondary N) is 1. The first kappa shape index (κ1) is 15.8. The first-order chi connectivity index (χ1) is 7.79. The molecule has 0 fully saturated rings. The van der Waals surface area contributed by atoms with Gasteiger partial charge in [-0.3, -0.25) is 9.59 Å². The predicted octanol–water partition coefficient (Wildman–Crippen LogP) is 0.895. The number of carbonyl (C=O) groups is 2. The number of halogens is 1. The molecule has 0 aliphatic carbocycles. The van der Waals surface area contributed by atoms with E-state index < -0.39 is 24.0 Å².